The highest BCUT2D eigenvalue weighted by molar-refractivity contribution is 5.75. The topological polar surface area (TPSA) is 73.4 Å². The van der Waals surface area contributed by atoms with Crippen molar-refractivity contribution < 1.29 is 4.79 Å². The molecule has 0 bridgehead atoms. The summed E-state index contributed by atoms with van der Waals surface area (Å²) in [5, 5.41) is 6.40. The fourth-order valence-electron chi connectivity index (χ4n) is 3.36. The van der Waals surface area contributed by atoms with Gasteiger partial charge in [0.2, 0.25) is 11.9 Å². The molecular weight excluding hydrogens is 304 g/mol. The zero-order chi connectivity index (χ0) is 16.6. The summed E-state index contributed by atoms with van der Waals surface area (Å²) in [6.45, 7) is 7.68. The van der Waals surface area contributed by atoms with Crippen molar-refractivity contribution in [3.05, 3.63) is 18.5 Å². The number of hydrogen-bond donors (Lipinski definition) is 2. The van der Waals surface area contributed by atoms with Crippen LogP contribution in [0.1, 0.15) is 19.3 Å². The van der Waals surface area contributed by atoms with Crippen LogP contribution in [0.4, 0.5) is 5.95 Å². The molecule has 1 aromatic heterocycles. The van der Waals surface area contributed by atoms with Crippen molar-refractivity contribution in [1.29, 1.82) is 0 Å². The van der Waals surface area contributed by atoms with Crippen molar-refractivity contribution >= 4 is 11.9 Å². The lowest BCUT2D eigenvalue weighted by Gasteiger charge is -2.34. The van der Waals surface area contributed by atoms with Crippen LogP contribution in [0.25, 0.3) is 0 Å². The van der Waals surface area contributed by atoms with E-state index in [1.54, 1.807) is 12.4 Å². The number of amides is 1. The maximum Gasteiger partial charge on any atom is 0.225 e. The first-order valence-corrected chi connectivity index (χ1v) is 9.03. The zero-order valence-electron chi connectivity index (χ0n) is 14.3. The normalized spacial score (nSPS) is 21.8. The van der Waals surface area contributed by atoms with Gasteiger partial charge in [-0.25, -0.2) is 9.97 Å². The molecule has 0 spiro atoms. The van der Waals surface area contributed by atoms with Crippen LogP contribution in [-0.2, 0) is 4.79 Å². The Labute approximate surface area is 143 Å². The van der Waals surface area contributed by atoms with Crippen LogP contribution in [0, 0.1) is 5.92 Å². The third-order valence-electron chi connectivity index (χ3n) is 4.90. The van der Waals surface area contributed by atoms with E-state index in [9.17, 15) is 4.79 Å². The number of anilines is 1. The molecule has 2 saturated heterocycles. The molecule has 1 aromatic rings. The van der Waals surface area contributed by atoms with Crippen molar-refractivity contribution in [2.24, 2.45) is 5.92 Å². The number of nitrogens with zero attached hydrogens (tertiary/aromatic N) is 4. The maximum absolute atomic E-state index is 11.9. The van der Waals surface area contributed by atoms with E-state index < -0.39 is 0 Å². The quantitative estimate of drug-likeness (QED) is 0.738. The van der Waals surface area contributed by atoms with E-state index in [-0.39, 0.29) is 5.91 Å². The van der Waals surface area contributed by atoms with Gasteiger partial charge < -0.3 is 15.5 Å². The van der Waals surface area contributed by atoms with Crippen LogP contribution >= 0.6 is 0 Å². The number of nitrogens with one attached hydrogen (secondary N) is 2. The van der Waals surface area contributed by atoms with Crippen LogP contribution in [-0.4, -0.2) is 73.1 Å². The van der Waals surface area contributed by atoms with Gasteiger partial charge in [0.1, 0.15) is 0 Å². The van der Waals surface area contributed by atoms with Crippen molar-refractivity contribution in [2.75, 3.05) is 57.3 Å². The predicted molar refractivity (Wildman–Crippen MR) is 93.9 cm³/mol. The standard InChI is InChI=1S/C17H28N6O/c24-16(3-2-15-4-7-18-14-15)19-8-9-22-10-12-23(13-11-22)17-20-5-1-6-21-17/h1,5-6,15,18H,2-4,7-14H2,(H,19,24). The first-order valence-electron chi connectivity index (χ1n) is 9.03. The van der Waals surface area contributed by atoms with E-state index in [2.05, 4.69) is 30.4 Å². The Balaban J connectivity index is 1.27. The summed E-state index contributed by atoms with van der Waals surface area (Å²) < 4.78 is 0. The van der Waals surface area contributed by atoms with Gasteiger partial charge in [0.15, 0.2) is 0 Å². The summed E-state index contributed by atoms with van der Waals surface area (Å²) in [5.74, 6) is 1.69. The molecule has 1 unspecified atom stereocenters. The first kappa shape index (κ1) is 17.1. The number of aromatic nitrogens is 2. The second-order valence-corrected chi connectivity index (χ2v) is 6.62. The summed E-state index contributed by atoms with van der Waals surface area (Å²) in [6, 6.07) is 1.84. The number of hydrogen-bond acceptors (Lipinski definition) is 6. The second-order valence-electron chi connectivity index (χ2n) is 6.62. The summed E-state index contributed by atoms with van der Waals surface area (Å²) in [6.07, 6.45) is 6.44. The summed E-state index contributed by atoms with van der Waals surface area (Å²) in [7, 11) is 0. The maximum atomic E-state index is 11.9. The van der Waals surface area contributed by atoms with Crippen LogP contribution in [0.5, 0.6) is 0 Å². The molecule has 1 atom stereocenters. The molecule has 132 valence electrons. The van der Waals surface area contributed by atoms with Gasteiger partial charge in [-0.05, 0) is 37.9 Å². The molecule has 2 aliphatic heterocycles. The van der Waals surface area contributed by atoms with Gasteiger partial charge in [0.05, 0.1) is 0 Å². The highest BCUT2D eigenvalue weighted by Crippen LogP contribution is 2.14. The third kappa shape index (κ3) is 5.14. The monoisotopic (exact) mass is 332 g/mol. The molecule has 0 aromatic carbocycles. The van der Waals surface area contributed by atoms with Gasteiger partial charge >= 0.3 is 0 Å². The molecule has 2 fully saturated rings. The second kappa shape index (κ2) is 8.94. The van der Waals surface area contributed by atoms with Gasteiger partial charge in [-0.1, -0.05) is 0 Å². The van der Waals surface area contributed by atoms with Crippen molar-refractivity contribution in [2.45, 2.75) is 19.3 Å². The van der Waals surface area contributed by atoms with Gasteiger partial charge in [0.25, 0.3) is 0 Å². The van der Waals surface area contributed by atoms with E-state index in [1.807, 2.05) is 6.07 Å². The molecule has 7 heteroatoms. The molecule has 2 N–H and O–H groups in total. The van der Waals surface area contributed by atoms with Crippen molar-refractivity contribution in [3.63, 3.8) is 0 Å². The summed E-state index contributed by atoms with van der Waals surface area (Å²) in [5.41, 5.74) is 0. The first-order chi connectivity index (χ1) is 11.8. The summed E-state index contributed by atoms with van der Waals surface area (Å²) in [4.78, 5) is 25.1. The van der Waals surface area contributed by atoms with E-state index in [0.717, 1.165) is 64.7 Å². The van der Waals surface area contributed by atoms with Gasteiger partial charge in [-0.15, -0.1) is 0 Å². The SMILES string of the molecule is O=C(CCC1CCNC1)NCCN1CCN(c2ncccn2)CC1. The Hall–Kier alpha value is -1.73. The molecule has 3 rings (SSSR count). The average Bonchev–Trinajstić information content (AvgIpc) is 3.15. The van der Waals surface area contributed by atoms with Crippen LogP contribution in [0.3, 0.4) is 0 Å². The Morgan fingerprint density at radius 1 is 1.25 bits per heavy atom. The molecule has 3 heterocycles. The van der Waals surface area contributed by atoms with Gasteiger partial charge in [0, 0.05) is 58.1 Å². The van der Waals surface area contributed by atoms with E-state index in [1.165, 1.54) is 6.42 Å². The molecule has 1 amide bonds. The Bertz CT molecular complexity index is 497. The van der Waals surface area contributed by atoms with Crippen LogP contribution < -0.4 is 15.5 Å². The third-order valence-corrected chi connectivity index (χ3v) is 4.90. The van der Waals surface area contributed by atoms with Crippen molar-refractivity contribution in [1.82, 2.24) is 25.5 Å². The van der Waals surface area contributed by atoms with Gasteiger partial charge in [-0.3, -0.25) is 9.69 Å². The molecule has 7 nitrogen and oxygen atoms in total. The largest absolute Gasteiger partial charge is 0.355 e. The fourth-order valence-corrected chi connectivity index (χ4v) is 3.36. The smallest absolute Gasteiger partial charge is 0.225 e. The van der Waals surface area contributed by atoms with E-state index in [4.69, 9.17) is 0 Å². The Morgan fingerprint density at radius 3 is 2.75 bits per heavy atom. The fraction of sp³-hybridized carbons (Fsp3) is 0.706. The van der Waals surface area contributed by atoms with Crippen LogP contribution in [0.15, 0.2) is 18.5 Å². The number of carbonyl (C=O) groups is 1. The number of piperazine rings is 1. The average molecular weight is 332 g/mol. The predicted octanol–water partition coefficient (Wildman–Crippen LogP) is 0.105. The molecule has 0 aliphatic carbocycles. The molecule has 0 radical (unpaired) electrons. The van der Waals surface area contributed by atoms with Crippen LogP contribution in [0.2, 0.25) is 0 Å². The lowest BCUT2D eigenvalue weighted by molar-refractivity contribution is -0.121. The zero-order valence-corrected chi connectivity index (χ0v) is 14.3. The van der Waals surface area contributed by atoms with E-state index >= 15 is 0 Å². The lowest BCUT2D eigenvalue weighted by Crippen LogP contribution is -2.49. The van der Waals surface area contributed by atoms with Crippen molar-refractivity contribution in [3.8, 4) is 0 Å². The lowest BCUT2D eigenvalue weighted by atomic mass is 10.0. The highest BCUT2D eigenvalue weighted by atomic mass is 16.1. The molecule has 0 saturated carbocycles. The number of rotatable bonds is 7. The Kier molecular flexibility index (Phi) is 6.37. The van der Waals surface area contributed by atoms with E-state index in [0.29, 0.717) is 12.3 Å². The Morgan fingerprint density at radius 2 is 2.04 bits per heavy atom. The minimum absolute atomic E-state index is 0.193. The molecule has 24 heavy (non-hydrogen) atoms. The van der Waals surface area contributed by atoms with Gasteiger partial charge in [-0.2, -0.15) is 0 Å². The minimum atomic E-state index is 0.193. The molecule has 2 aliphatic rings. The summed E-state index contributed by atoms with van der Waals surface area (Å²) >= 11 is 0. The minimum Gasteiger partial charge on any atom is -0.355 e. The molecular formula is C17H28N6O. The number of carbonyl (C=O) groups excluding carboxylic acids is 1. The highest BCUT2D eigenvalue weighted by Gasteiger charge is 2.19.